The van der Waals surface area contributed by atoms with Crippen molar-refractivity contribution in [1.82, 2.24) is 30.9 Å². The Morgan fingerprint density at radius 1 is 1.00 bits per heavy atom. The summed E-state index contributed by atoms with van der Waals surface area (Å²) in [5.41, 5.74) is 11.1. The Kier molecular flexibility index (Phi) is 10.4. The van der Waals surface area contributed by atoms with Gasteiger partial charge in [-0.1, -0.05) is 24.3 Å². The molecule has 0 aliphatic heterocycles. The van der Waals surface area contributed by atoms with Gasteiger partial charge in [-0.2, -0.15) is 5.21 Å². The molecule has 12 nitrogen and oxygen atoms in total. The van der Waals surface area contributed by atoms with Crippen LogP contribution in [-0.2, 0) is 20.7 Å². The average molecular weight is 639 g/mol. The quantitative estimate of drug-likeness (QED) is 0.228. The molecule has 0 bridgehead atoms. The average Bonchev–Trinajstić information content (AvgIpc) is 3.60. The van der Waals surface area contributed by atoms with Gasteiger partial charge in [0.25, 0.3) is 5.91 Å². The number of hydrogen-bond acceptors (Lipinski definition) is 9. The SMILES string of the molecule is Cc1ccncc1-c1ccc(C[C@H](N)C(=O)N(c2ccc(-c3nn[nH]n3)cc2)C(=O)[C@H]2CC[C@H](CNC(=O)OC(C)(C)C)CC2)cc1. The number of aromatic nitrogens is 5. The molecule has 5 rings (SSSR count). The molecule has 0 saturated heterocycles. The number of alkyl carbamates (subject to hydrolysis) is 1. The zero-order valence-electron chi connectivity index (χ0n) is 27.3. The van der Waals surface area contributed by atoms with Crippen LogP contribution in [0.1, 0.15) is 57.6 Å². The van der Waals surface area contributed by atoms with Gasteiger partial charge in [0, 0.05) is 36.0 Å². The van der Waals surface area contributed by atoms with Crippen LogP contribution in [0.15, 0.2) is 67.0 Å². The Morgan fingerprint density at radius 2 is 1.68 bits per heavy atom. The van der Waals surface area contributed by atoms with Crippen molar-refractivity contribution < 1.29 is 19.1 Å². The summed E-state index contributed by atoms with van der Waals surface area (Å²) in [6, 6.07) is 15.8. The highest BCUT2D eigenvalue weighted by molar-refractivity contribution is 6.17. The van der Waals surface area contributed by atoms with E-state index in [2.05, 4.69) is 30.9 Å². The minimum atomic E-state index is -0.948. The van der Waals surface area contributed by atoms with Gasteiger partial charge in [-0.15, -0.1) is 10.2 Å². The number of pyridine rings is 1. The highest BCUT2D eigenvalue weighted by Gasteiger charge is 2.35. The molecule has 3 amide bonds. The number of imide groups is 1. The lowest BCUT2D eigenvalue weighted by atomic mass is 9.81. The van der Waals surface area contributed by atoms with E-state index in [9.17, 15) is 14.4 Å². The number of carbonyl (C=O) groups excluding carboxylic acids is 3. The van der Waals surface area contributed by atoms with Crippen LogP contribution in [-0.4, -0.2) is 61.7 Å². The number of carbonyl (C=O) groups is 3. The van der Waals surface area contributed by atoms with E-state index in [1.807, 2.05) is 64.2 Å². The molecule has 12 heteroatoms. The smallest absolute Gasteiger partial charge is 0.407 e. The summed E-state index contributed by atoms with van der Waals surface area (Å²) in [6.45, 7) is 7.97. The molecule has 4 N–H and O–H groups in total. The van der Waals surface area contributed by atoms with E-state index in [0.717, 1.165) is 35.1 Å². The van der Waals surface area contributed by atoms with E-state index < -0.39 is 23.6 Å². The summed E-state index contributed by atoms with van der Waals surface area (Å²) in [5.74, 6) is -0.490. The highest BCUT2D eigenvalue weighted by atomic mass is 16.6. The lowest BCUT2D eigenvalue weighted by molar-refractivity contribution is -0.130. The minimum absolute atomic E-state index is 0.214. The maximum absolute atomic E-state index is 14.1. The number of rotatable bonds is 9. The normalized spacial score (nSPS) is 17.0. The van der Waals surface area contributed by atoms with Crippen LogP contribution in [0.3, 0.4) is 0 Å². The van der Waals surface area contributed by atoms with Crippen LogP contribution in [0.2, 0.25) is 0 Å². The Hall–Kier alpha value is -4.97. The van der Waals surface area contributed by atoms with Crippen molar-refractivity contribution in [2.24, 2.45) is 17.6 Å². The van der Waals surface area contributed by atoms with Gasteiger partial charge in [-0.3, -0.25) is 14.6 Å². The van der Waals surface area contributed by atoms with E-state index in [-0.39, 0.29) is 24.2 Å². The third-order valence-corrected chi connectivity index (χ3v) is 8.38. The number of aromatic amines is 1. The molecule has 2 aromatic carbocycles. The van der Waals surface area contributed by atoms with Gasteiger partial charge >= 0.3 is 6.09 Å². The summed E-state index contributed by atoms with van der Waals surface area (Å²) in [6.07, 6.45) is 6.06. The molecular formula is C35H42N8O4. The predicted molar refractivity (Wildman–Crippen MR) is 178 cm³/mol. The number of benzene rings is 2. The lowest BCUT2D eigenvalue weighted by Gasteiger charge is -2.32. The molecule has 47 heavy (non-hydrogen) atoms. The fraction of sp³-hybridized carbons (Fsp3) is 0.400. The number of anilines is 1. The van der Waals surface area contributed by atoms with Gasteiger partial charge in [0.05, 0.1) is 11.7 Å². The Balaban J connectivity index is 1.29. The second kappa shape index (κ2) is 14.6. The molecule has 1 aliphatic carbocycles. The first kappa shape index (κ1) is 33.4. The fourth-order valence-electron chi connectivity index (χ4n) is 5.84. The molecule has 1 aliphatic rings. The van der Waals surface area contributed by atoms with Crippen LogP contribution in [0.25, 0.3) is 22.5 Å². The van der Waals surface area contributed by atoms with Crippen molar-refractivity contribution in [1.29, 1.82) is 0 Å². The first-order valence-corrected chi connectivity index (χ1v) is 15.9. The van der Waals surface area contributed by atoms with E-state index in [0.29, 0.717) is 36.5 Å². The molecule has 0 spiro atoms. The van der Waals surface area contributed by atoms with Crippen molar-refractivity contribution in [2.75, 3.05) is 11.4 Å². The van der Waals surface area contributed by atoms with E-state index in [1.54, 1.807) is 30.5 Å². The molecule has 1 atom stereocenters. The molecule has 1 saturated carbocycles. The number of amides is 3. The number of ether oxygens (including phenoxy) is 1. The number of nitrogens with one attached hydrogen (secondary N) is 2. The van der Waals surface area contributed by atoms with E-state index in [4.69, 9.17) is 10.5 Å². The summed E-state index contributed by atoms with van der Waals surface area (Å²) in [7, 11) is 0. The van der Waals surface area contributed by atoms with Crippen molar-refractivity contribution in [3.05, 3.63) is 78.1 Å². The maximum Gasteiger partial charge on any atom is 0.407 e. The topological polar surface area (TPSA) is 169 Å². The second-order valence-corrected chi connectivity index (χ2v) is 13.1. The molecule has 2 heterocycles. The molecular weight excluding hydrogens is 596 g/mol. The zero-order valence-corrected chi connectivity index (χ0v) is 27.3. The Labute approximate surface area is 274 Å². The standard InChI is InChI=1S/C35H42N8O4/c1-22-17-18-37-21-29(22)25-9-5-23(6-10-25)19-30(36)33(45)43(28-15-13-26(14-16-28)31-39-41-42-40-31)32(44)27-11-7-24(8-12-27)20-38-34(46)47-35(2,3)4/h5-6,9-10,13-18,21,24,27,30H,7-8,11-12,19-20,36H2,1-4H3,(H,38,46)(H,39,40,41,42)/t24-,27-,30-/m0/s1. The maximum atomic E-state index is 14.1. The summed E-state index contributed by atoms with van der Waals surface area (Å²) >= 11 is 0. The molecule has 0 unspecified atom stereocenters. The molecule has 2 aromatic heterocycles. The van der Waals surface area contributed by atoms with E-state index in [1.165, 1.54) is 4.90 Å². The predicted octanol–water partition coefficient (Wildman–Crippen LogP) is 5.00. The number of nitrogens with two attached hydrogens (primary N) is 1. The molecule has 0 radical (unpaired) electrons. The van der Waals surface area contributed by atoms with Crippen molar-refractivity contribution in [3.63, 3.8) is 0 Å². The van der Waals surface area contributed by atoms with Crippen LogP contribution in [0.5, 0.6) is 0 Å². The van der Waals surface area contributed by atoms with Gasteiger partial charge in [0.1, 0.15) is 5.60 Å². The lowest BCUT2D eigenvalue weighted by Crippen LogP contribution is -2.50. The van der Waals surface area contributed by atoms with Gasteiger partial charge in [0.2, 0.25) is 11.7 Å². The number of hydrogen-bond donors (Lipinski definition) is 3. The van der Waals surface area contributed by atoms with Crippen molar-refractivity contribution in [3.8, 4) is 22.5 Å². The third-order valence-electron chi connectivity index (χ3n) is 8.38. The largest absolute Gasteiger partial charge is 0.444 e. The van der Waals surface area contributed by atoms with Crippen LogP contribution in [0, 0.1) is 18.8 Å². The Bertz CT molecular complexity index is 1660. The number of tetrazole rings is 1. The van der Waals surface area contributed by atoms with E-state index >= 15 is 0 Å². The summed E-state index contributed by atoms with van der Waals surface area (Å²) in [5, 5.41) is 16.9. The minimum Gasteiger partial charge on any atom is -0.444 e. The molecule has 1 fully saturated rings. The molecule has 246 valence electrons. The van der Waals surface area contributed by atoms with Crippen molar-refractivity contribution >= 4 is 23.6 Å². The van der Waals surface area contributed by atoms with Crippen LogP contribution < -0.4 is 16.0 Å². The van der Waals surface area contributed by atoms with Gasteiger partial charge in [0.15, 0.2) is 0 Å². The first-order valence-electron chi connectivity index (χ1n) is 15.9. The van der Waals surface area contributed by atoms with Gasteiger partial charge in [-0.05, 0) is 118 Å². The third kappa shape index (κ3) is 8.64. The number of H-pyrrole nitrogens is 1. The van der Waals surface area contributed by atoms with Crippen LogP contribution >= 0.6 is 0 Å². The van der Waals surface area contributed by atoms with Gasteiger partial charge in [-0.25, -0.2) is 9.69 Å². The van der Waals surface area contributed by atoms with Crippen LogP contribution in [0.4, 0.5) is 10.5 Å². The Morgan fingerprint density at radius 3 is 2.30 bits per heavy atom. The second-order valence-electron chi connectivity index (χ2n) is 13.1. The zero-order chi connectivity index (χ0) is 33.6. The summed E-state index contributed by atoms with van der Waals surface area (Å²) < 4.78 is 5.35. The first-order chi connectivity index (χ1) is 22.5. The monoisotopic (exact) mass is 638 g/mol. The van der Waals surface area contributed by atoms with Crippen molar-refractivity contribution in [2.45, 2.75) is 71.4 Å². The number of nitrogens with zero attached hydrogens (tertiary/aromatic N) is 5. The molecule has 4 aromatic rings. The van der Waals surface area contributed by atoms with Gasteiger partial charge < -0.3 is 15.8 Å². The fourth-order valence-corrected chi connectivity index (χ4v) is 5.84. The number of aryl methyl sites for hydroxylation is 1. The summed E-state index contributed by atoms with van der Waals surface area (Å²) in [4.78, 5) is 45.7. The highest BCUT2D eigenvalue weighted by Crippen LogP contribution is 2.32.